The molecule has 0 N–H and O–H groups in total. The lowest BCUT2D eigenvalue weighted by molar-refractivity contribution is 0.0711. The molecule has 0 bridgehead atoms. The van der Waals surface area contributed by atoms with Crippen LogP contribution >= 0.6 is 11.3 Å². The van der Waals surface area contributed by atoms with E-state index in [9.17, 15) is 4.79 Å². The zero-order chi connectivity index (χ0) is 20.7. The maximum absolute atomic E-state index is 13.2. The largest absolute Gasteiger partial charge is 0.331 e. The first-order valence-corrected chi connectivity index (χ1v) is 10.8. The fourth-order valence-corrected chi connectivity index (χ4v) is 4.52. The van der Waals surface area contributed by atoms with Crippen LogP contribution in [0.5, 0.6) is 0 Å². The number of amides is 1. The van der Waals surface area contributed by atoms with Crippen LogP contribution in [-0.2, 0) is 19.6 Å². The molecule has 1 aliphatic rings. The SMILES string of the molecule is Cc1nc(-c2nc(C)c3n2CCN(C(=O)c2cccc(Cn4cccn4)c2)C3)cs1. The van der Waals surface area contributed by atoms with Gasteiger partial charge in [-0.05, 0) is 37.6 Å². The molecular formula is C22H22N6OS. The summed E-state index contributed by atoms with van der Waals surface area (Å²) in [5.41, 5.74) is 4.73. The molecule has 7 nitrogen and oxygen atoms in total. The lowest BCUT2D eigenvalue weighted by Gasteiger charge is -2.29. The molecule has 152 valence electrons. The van der Waals surface area contributed by atoms with Gasteiger partial charge in [0.2, 0.25) is 0 Å². The van der Waals surface area contributed by atoms with Gasteiger partial charge in [0.25, 0.3) is 5.91 Å². The van der Waals surface area contributed by atoms with Crippen molar-refractivity contribution in [2.75, 3.05) is 6.54 Å². The number of carbonyl (C=O) groups excluding carboxylic acids is 1. The minimum atomic E-state index is 0.0511. The maximum Gasteiger partial charge on any atom is 0.254 e. The number of aryl methyl sites for hydroxylation is 2. The molecule has 0 aliphatic carbocycles. The number of nitrogens with zero attached hydrogens (tertiary/aromatic N) is 6. The van der Waals surface area contributed by atoms with Crippen LogP contribution in [0, 0.1) is 13.8 Å². The highest BCUT2D eigenvalue weighted by atomic mass is 32.1. The van der Waals surface area contributed by atoms with Crippen LogP contribution in [0.2, 0.25) is 0 Å². The van der Waals surface area contributed by atoms with Crippen molar-refractivity contribution in [3.63, 3.8) is 0 Å². The molecule has 0 fully saturated rings. The average molecular weight is 419 g/mol. The Labute approximate surface area is 178 Å². The number of hydrogen-bond acceptors (Lipinski definition) is 5. The summed E-state index contributed by atoms with van der Waals surface area (Å²) < 4.78 is 4.07. The third-order valence-corrected chi connectivity index (χ3v) is 6.19. The van der Waals surface area contributed by atoms with Crippen LogP contribution in [0.3, 0.4) is 0 Å². The molecule has 0 unspecified atom stereocenters. The monoisotopic (exact) mass is 418 g/mol. The average Bonchev–Trinajstić information content (AvgIpc) is 3.49. The van der Waals surface area contributed by atoms with Gasteiger partial charge in [0.15, 0.2) is 5.82 Å². The van der Waals surface area contributed by atoms with Gasteiger partial charge in [-0.15, -0.1) is 11.3 Å². The first kappa shape index (κ1) is 18.7. The molecule has 1 aromatic carbocycles. The van der Waals surface area contributed by atoms with Gasteiger partial charge in [0.1, 0.15) is 5.69 Å². The topological polar surface area (TPSA) is 68.8 Å². The maximum atomic E-state index is 13.2. The predicted octanol–water partition coefficient (Wildman–Crippen LogP) is 3.52. The highest BCUT2D eigenvalue weighted by Gasteiger charge is 2.27. The summed E-state index contributed by atoms with van der Waals surface area (Å²) in [7, 11) is 0. The molecule has 0 radical (unpaired) electrons. The lowest BCUT2D eigenvalue weighted by Crippen LogP contribution is -2.38. The summed E-state index contributed by atoms with van der Waals surface area (Å²) >= 11 is 1.63. The van der Waals surface area contributed by atoms with E-state index in [4.69, 9.17) is 4.98 Å². The Morgan fingerprint density at radius 2 is 2.07 bits per heavy atom. The molecule has 1 amide bonds. The number of rotatable bonds is 4. The second-order valence-corrected chi connectivity index (χ2v) is 8.56. The van der Waals surface area contributed by atoms with Crippen molar-refractivity contribution in [3.8, 4) is 11.5 Å². The number of carbonyl (C=O) groups is 1. The molecule has 4 aromatic rings. The van der Waals surface area contributed by atoms with Crippen LogP contribution < -0.4 is 0 Å². The first-order chi connectivity index (χ1) is 14.6. The van der Waals surface area contributed by atoms with Crippen molar-refractivity contribution in [3.05, 3.63) is 75.6 Å². The molecule has 30 heavy (non-hydrogen) atoms. The van der Waals surface area contributed by atoms with Crippen molar-refractivity contribution < 1.29 is 4.79 Å². The summed E-state index contributed by atoms with van der Waals surface area (Å²) in [6.45, 7) is 6.59. The fourth-order valence-electron chi connectivity index (χ4n) is 3.93. The van der Waals surface area contributed by atoms with Gasteiger partial charge in [-0.1, -0.05) is 12.1 Å². The zero-order valence-corrected chi connectivity index (χ0v) is 17.8. The molecule has 3 aromatic heterocycles. The standard InChI is InChI=1S/C22H22N6OS/c1-15-20-13-26(9-10-28(20)21(24-15)19-14-30-16(2)25-19)22(29)18-6-3-5-17(11-18)12-27-8-4-7-23-27/h3-8,11,14H,9-10,12-13H2,1-2H3. The number of aromatic nitrogens is 5. The van der Waals surface area contributed by atoms with E-state index in [2.05, 4.69) is 14.6 Å². The second-order valence-electron chi connectivity index (χ2n) is 7.50. The van der Waals surface area contributed by atoms with Gasteiger partial charge in [-0.3, -0.25) is 9.48 Å². The van der Waals surface area contributed by atoms with Gasteiger partial charge >= 0.3 is 0 Å². The van der Waals surface area contributed by atoms with Crippen molar-refractivity contribution >= 4 is 17.2 Å². The van der Waals surface area contributed by atoms with E-state index in [-0.39, 0.29) is 5.91 Å². The predicted molar refractivity (Wildman–Crippen MR) is 115 cm³/mol. The Hall–Kier alpha value is -3.26. The Morgan fingerprint density at radius 3 is 2.83 bits per heavy atom. The smallest absolute Gasteiger partial charge is 0.254 e. The quantitative estimate of drug-likeness (QED) is 0.508. The van der Waals surface area contributed by atoms with Gasteiger partial charge in [-0.2, -0.15) is 5.10 Å². The lowest BCUT2D eigenvalue weighted by atomic mass is 10.1. The molecule has 0 spiro atoms. The first-order valence-electron chi connectivity index (χ1n) is 9.92. The Kier molecular flexibility index (Phi) is 4.71. The Balaban J connectivity index is 1.37. The van der Waals surface area contributed by atoms with E-state index in [1.54, 1.807) is 17.5 Å². The molecule has 5 rings (SSSR count). The summed E-state index contributed by atoms with van der Waals surface area (Å²) in [6.07, 6.45) is 3.68. The molecular weight excluding hydrogens is 396 g/mol. The van der Waals surface area contributed by atoms with Gasteiger partial charge in [0, 0.05) is 36.4 Å². The van der Waals surface area contributed by atoms with Crippen LogP contribution in [0.1, 0.15) is 32.3 Å². The summed E-state index contributed by atoms with van der Waals surface area (Å²) in [5.74, 6) is 0.954. The normalized spacial score (nSPS) is 13.5. The van der Waals surface area contributed by atoms with Gasteiger partial charge in [-0.25, -0.2) is 9.97 Å². The third kappa shape index (κ3) is 3.43. The van der Waals surface area contributed by atoms with Crippen molar-refractivity contribution in [2.45, 2.75) is 33.5 Å². The minimum absolute atomic E-state index is 0.0511. The molecule has 4 heterocycles. The van der Waals surface area contributed by atoms with Crippen molar-refractivity contribution in [1.29, 1.82) is 0 Å². The van der Waals surface area contributed by atoms with E-state index in [1.165, 1.54) is 0 Å². The zero-order valence-electron chi connectivity index (χ0n) is 16.9. The molecule has 8 heteroatoms. The van der Waals surface area contributed by atoms with Gasteiger partial charge in [0.05, 0.1) is 29.5 Å². The van der Waals surface area contributed by atoms with E-state index < -0.39 is 0 Å². The minimum Gasteiger partial charge on any atom is -0.331 e. The van der Waals surface area contributed by atoms with Crippen molar-refractivity contribution in [1.82, 2.24) is 29.2 Å². The van der Waals surface area contributed by atoms with Crippen LogP contribution in [0.4, 0.5) is 0 Å². The number of benzene rings is 1. The van der Waals surface area contributed by atoms with Crippen LogP contribution in [0.15, 0.2) is 48.1 Å². The van der Waals surface area contributed by atoms with Crippen LogP contribution in [-0.4, -0.2) is 41.7 Å². The highest BCUT2D eigenvalue weighted by Crippen LogP contribution is 2.27. The highest BCUT2D eigenvalue weighted by molar-refractivity contribution is 7.09. The molecule has 1 aliphatic heterocycles. The Bertz CT molecular complexity index is 1210. The number of thiazole rings is 1. The van der Waals surface area contributed by atoms with E-state index in [1.807, 2.05) is 65.3 Å². The molecule has 0 saturated carbocycles. The van der Waals surface area contributed by atoms with Crippen molar-refractivity contribution in [2.24, 2.45) is 0 Å². The summed E-state index contributed by atoms with van der Waals surface area (Å²) in [6, 6.07) is 9.71. The van der Waals surface area contributed by atoms with E-state index in [0.29, 0.717) is 25.2 Å². The Morgan fingerprint density at radius 1 is 1.17 bits per heavy atom. The fraction of sp³-hybridized carbons (Fsp3) is 0.273. The third-order valence-electron chi connectivity index (χ3n) is 5.42. The molecule has 0 atom stereocenters. The molecule has 0 saturated heterocycles. The van der Waals surface area contributed by atoms with Crippen LogP contribution in [0.25, 0.3) is 11.5 Å². The number of hydrogen-bond donors (Lipinski definition) is 0. The van der Waals surface area contributed by atoms with E-state index in [0.717, 1.165) is 40.0 Å². The summed E-state index contributed by atoms with van der Waals surface area (Å²) in [5, 5.41) is 7.33. The van der Waals surface area contributed by atoms with E-state index >= 15 is 0 Å². The second kappa shape index (κ2) is 7.53. The number of imidazole rings is 1. The van der Waals surface area contributed by atoms with Gasteiger partial charge < -0.3 is 9.47 Å². The number of fused-ring (bicyclic) bond motifs is 1. The summed E-state index contributed by atoms with van der Waals surface area (Å²) in [4.78, 5) is 24.5.